The fourth-order valence-corrected chi connectivity index (χ4v) is 1.85. The van der Waals surface area contributed by atoms with Gasteiger partial charge in [-0.15, -0.1) is 0 Å². The quantitative estimate of drug-likeness (QED) is 0.709. The first-order valence-electron chi connectivity index (χ1n) is 6.98. The summed E-state index contributed by atoms with van der Waals surface area (Å²) in [6, 6.07) is 7.61. The number of carbonyl (C=O) groups is 1. The van der Waals surface area contributed by atoms with Gasteiger partial charge < -0.3 is 15.7 Å². The van der Waals surface area contributed by atoms with Crippen molar-refractivity contribution in [1.82, 2.24) is 5.32 Å². The maximum atomic E-state index is 11.7. The normalized spacial score (nSPS) is 11.9. The monoisotopic (exact) mass is 264 g/mol. The van der Waals surface area contributed by atoms with Gasteiger partial charge in [0.05, 0.1) is 6.10 Å². The van der Waals surface area contributed by atoms with E-state index in [1.807, 2.05) is 31.2 Å². The third-order valence-electron chi connectivity index (χ3n) is 3.02. The smallest absolute Gasteiger partial charge is 0.319 e. The van der Waals surface area contributed by atoms with Crippen LogP contribution in [-0.4, -0.2) is 23.8 Å². The summed E-state index contributed by atoms with van der Waals surface area (Å²) in [5, 5.41) is 15.0. The largest absolute Gasteiger partial charge is 0.393 e. The van der Waals surface area contributed by atoms with Crippen LogP contribution in [0.3, 0.4) is 0 Å². The molecule has 0 heterocycles. The molecular formula is C15H24N2O2. The first-order valence-corrected chi connectivity index (χ1v) is 6.98. The fraction of sp³-hybridized carbons (Fsp3) is 0.533. The summed E-state index contributed by atoms with van der Waals surface area (Å²) in [6.45, 7) is 4.52. The zero-order valence-electron chi connectivity index (χ0n) is 11.8. The molecule has 1 unspecified atom stereocenters. The predicted molar refractivity (Wildman–Crippen MR) is 78.4 cm³/mol. The molecule has 4 nitrogen and oxygen atoms in total. The van der Waals surface area contributed by atoms with Gasteiger partial charge in [-0.1, -0.05) is 38.5 Å². The number of aryl methyl sites for hydroxylation is 1. The molecule has 0 fully saturated rings. The standard InChI is InChI=1S/C15H24N2O2/c1-3-7-12-8-5-6-9-14(12)17-15(19)16-11-10-13(18)4-2/h5-6,8-9,13,18H,3-4,7,10-11H2,1-2H3,(H2,16,17,19). The second-order valence-electron chi connectivity index (χ2n) is 4.64. The molecule has 106 valence electrons. The van der Waals surface area contributed by atoms with E-state index in [0.717, 1.165) is 24.1 Å². The molecule has 1 rings (SSSR count). The Labute approximate surface area is 115 Å². The van der Waals surface area contributed by atoms with Crippen LogP contribution in [-0.2, 0) is 6.42 Å². The average molecular weight is 264 g/mol. The van der Waals surface area contributed by atoms with E-state index in [0.29, 0.717) is 19.4 Å². The lowest BCUT2D eigenvalue weighted by molar-refractivity contribution is 0.160. The van der Waals surface area contributed by atoms with Gasteiger partial charge in [0.2, 0.25) is 0 Å². The van der Waals surface area contributed by atoms with Crippen LogP contribution in [0.2, 0.25) is 0 Å². The Balaban J connectivity index is 2.43. The SMILES string of the molecule is CCCc1ccccc1NC(=O)NCCC(O)CC. The van der Waals surface area contributed by atoms with Gasteiger partial charge in [0.25, 0.3) is 0 Å². The number of para-hydroxylation sites is 1. The summed E-state index contributed by atoms with van der Waals surface area (Å²) in [5.74, 6) is 0. The first kappa shape index (κ1) is 15.5. The number of nitrogens with one attached hydrogen (secondary N) is 2. The van der Waals surface area contributed by atoms with Crippen molar-refractivity contribution in [3.05, 3.63) is 29.8 Å². The zero-order chi connectivity index (χ0) is 14.1. The van der Waals surface area contributed by atoms with Gasteiger partial charge in [-0.3, -0.25) is 0 Å². The molecule has 19 heavy (non-hydrogen) atoms. The highest BCUT2D eigenvalue weighted by Gasteiger charge is 2.06. The van der Waals surface area contributed by atoms with E-state index in [1.54, 1.807) is 0 Å². The minimum absolute atomic E-state index is 0.216. The van der Waals surface area contributed by atoms with Gasteiger partial charge in [-0.25, -0.2) is 4.79 Å². The van der Waals surface area contributed by atoms with Crippen LogP contribution in [0.4, 0.5) is 10.5 Å². The number of urea groups is 1. The number of hydrogen-bond acceptors (Lipinski definition) is 2. The van der Waals surface area contributed by atoms with E-state index in [1.165, 1.54) is 0 Å². The zero-order valence-corrected chi connectivity index (χ0v) is 11.8. The van der Waals surface area contributed by atoms with Crippen molar-refractivity contribution in [2.45, 2.75) is 45.6 Å². The molecule has 0 aliphatic rings. The number of aliphatic hydroxyl groups is 1. The lowest BCUT2D eigenvalue weighted by atomic mass is 10.1. The molecule has 0 radical (unpaired) electrons. The number of aliphatic hydroxyl groups excluding tert-OH is 1. The molecule has 1 aromatic carbocycles. The number of benzene rings is 1. The Morgan fingerprint density at radius 2 is 2.05 bits per heavy atom. The van der Waals surface area contributed by atoms with Crippen LogP contribution in [0, 0.1) is 0 Å². The third-order valence-corrected chi connectivity index (χ3v) is 3.02. The summed E-state index contributed by atoms with van der Waals surface area (Å²) >= 11 is 0. The van der Waals surface area contributed by atoms with Crippen molar-refractivity contribution in [3.63, 3.8) is 0 Å². The molecular weight excluding hydrogens is 240 g/mol. The Bertz CT molecular complexity index is 393. The summed E-state index contributed by atoms with van der Waals surface area (Å²) in [4.78, 5) is 11.7. The van der Waals surface area contributed by atoms with Crippen LogP contribution in [0.15, 0.2) is 24.3 Å². The molecule has 0 aromatic heterocycles. The lowest BCUT2D eigenvalue weighted by Gasteiger charge is -2.12. The summed E-state index contributed by atoms with van der Waals surface area (Å²) in [5.41, 5.74) is 2.01. The number of rotatable bonds is 7. The fourth-order valence-electron chi connectivity index (χ4n) is 1.85. The van der Waals surface area contributed by atoms with E-state index in [2.05, 4.69) is 17.6 Å². The Morgan fingerprint density at radius 3 is 2.74 bits per heavy atom. The van der Waals surface area contributed by atoms with E-state index in [4.69, 9.17) is 0 Å². The molecule has 0 saturated carbocycles. The molecule has 1 atom stereocenters. The maximum absolute atomic E-state index is 11.7. The highest BCUT2D eigenvalue weighted by atomic mass is 16.3. The van der Waals surface area contributed by atoms with Crippen LogP contribution in [0.1, 0.15) is 38.7 Å². The number of carbonyl (C=O) groups excluding carboxylic acids is 1. The van der Waals surface area contributed by atoms with Crippen molar-refractivity contribution in [2.24, 2.45) is 0 Å². The molecule has 3 N–H and O–H groups in total. The van der Waals surface area contributed by atoms with Crippen molar-refractivity contribution in [2.75, 3.05) is 11.9 Å². The summed E-state index contributed by atoms with van der Waals surface area (Å²) in [7, 11) is 0. The minimum atomic E-state index is -0.340. The topological polar surface area (TPSA) is 61.4 Å². The van der Waals surface area contributed by atoms with E-state index in [-0.39, 0.29) is 12.1 Å². The van der Waals surface area contributed by atoms with Crippen molar-refractivity contribution < 1.29 is 9.90 Å². The molecule has 0 saturated heterocycles. The highest BCUT2D eigenvalue weighted by Crippen LogP contribution is 2.16. The first-order chi connectivity index (χ1) is 9.17. The van der Waals surface area contributed by atoms with Gasteiger partial charge in [-0.05, 0) is 30.9 Å². The predicted octanol–water partition coefficient (Wildman–Crippen LogP) is 2.92. The molecule has 0 bridgehead atoms. The highest BCUT2D eigenvalue weighted by molar-refractivity contribution is 5.90. The minimum Gasteiger partial charge on any atom is -0.393 e. The number of anilines is 1. The van der Waals surface area contributed by atoms with E-state index >= 15 is 0 Å². The molecule has 2 amide bonds. The summed E-state index contributed by atoms with van der Waals surface area (Å²) < 4.78 is 0. The molecule has 4 heteroatoms. The van der Waals surface area contributed by atoms with Gasteiger partial charge in [0, 0.05) is 12.2 Å². The Morgan fingerprint density at radius 1 is 1.32 bits per heavy atom. The van der Waals surface area contributed by atoms with Crippen LogP contribution >= 0.6 is 0 Å². The van der Waals surface area contributed by atoms with E-state index in [9.17, 15) is 9.90 Å². The van der Waals surface area contributed by atoms with Crippen molar-refractivity contribution in [1.29, 1.82) is 0 Å². The van der Waals surface area contributed by atoms with Gasteiger partial charge in [-0.2, -0.15) is 0 Å². The van der Waals surface area contributed by atoms with Gasteiger partial charge in [0.15, 0.2) is 0 Å². The number of amides is 2. The molecule has 0 spiro atoms. The lowest BCUT2D eigenvalue weighted by Crippen LogP contribution is -2.31. The van der Waals surface area contributed by atoms with Crippen LogP contribution in [0.5, 0.6) is 0 Å². The number of hydrogen-bond donors (Lipinski definition) is 3. The Hall–Kier alpha value is -1.55. The van der Waals surface area contributed by atoms with Crippen molar-refractivity contribution >= 4 is 11.7 Å². The average Bonchev–Trinajstić information content (AvgIpc) is 2.41. The second-order valence-corrected chi connectivity index (χ2v) is 4.64. The van der Waals surface area contributed by atoms with Crippen LogP contribution in [0.25, 0.3) is 0 Å². The molecule has 1 aromatic rings. The second kappa shape index (κ2) is 8.53. The molecule has 0 aliphatic heterocycles. The van der Waals surface area contributed by atoms with Crippen molar-refractivity contribution in [3.8, 4) is 0 Å². The van der Waals surface area contributed by atoms with Gasteiger partial charge in [0.1, 0.15) is 0 Å². The maximum Gasteiger partial charge on any atom is 0.319 e. The van der Waals surface area contributed by atoms with Crippen LogP contribution < -0.4 is 10.6 Å². The third kappa shape index (κ3) is 5.75. The Kier molecular flexibility index (Phi) is 6.97. The summed E-state index contributed by atoms with van der Waals surface area (Å²) in [6.07, 6.45) is 2.95. The van der Waals surface area contributed by atoms with E-state index < -0.39 is 0 Å². The van der Waals surface area contributed by atoms with Gasteiger partial charge >= 0.3 is 6.03 Å². The molecule has 0 aliphatic carbocycles.